The van der Waals surface area contributed by atoms with Crippen LogP contribution in [0, 0.1) is 5.92 Å². The Labute approximate surface area is 132 Å². The Balaban J connectivity index is 1.91. The molecular formula is C15H17ClF2N2O2. The van der Waals surface area contributed by atoms with Crippen molar-refractivity contribution in [2.75, 3.05) is 6.54 Å². The van der Waals surface area contributed by atoms with Gasteiger partial charge in [0.1, 0.15) is 17.0 Å². The van der Waals surface area contributed by atoms with Crippen molar-refractivity contribution in [1.82, 2.24) is 9.88 Å². The molecule has 120 valence electrons. The van der Waals surface area contributed by atoms with Crippen molar-refractivity contribution in [3.05, 3.63) is 29.0 Å². The average Bonchev–Trinajstić information content (AvgIpc) is 3.06. The summed E-state index contributed by atoms with van der Waals surface area (Å²) in [5.74, 6) is -3.98. The molecule has 1 N–H and O–H groups in total. The van der Waals surface area contributed by atoms with Gasteiger partial charge in [0.05, 0.1) is 12.6 Å². The van der Waals surface area contributed by atoms with Crippen molar-refractivity contribution >= 4 is 17.5 Å². The van der Waals surface area contributed by atoms with E-state index in [0.717, 1.165) is 30.6 Å². The summed E-state index contributed by atoms with van der Waals surface area (Å²) < 4.78 is 27.9. The first-order valence-electron chi connectivity index (χ1n) is 7.39. The monoisotopic (exact) mass is 330 g/mol. The van der Waals surface area contributed by atoms with E-state index in [-0.39, 0.29) is 16.8 Å². The van der Waals surface area contributed by atoms with Gasteiger partial charge < -0.3 is 10.0 Å². The van der Waals surface area contributed by atoms with Gasteiger partial charge >= 0.3 is 0 Å². The summed E-state index contributed by atoms with van der Waals surface area (Å²) in [5.41, 5.74) is 0.0281. The van der Waals surface area contributed by atoms with E-state index in [9.17, 15) is 18.7 Å². The van der Waals surface area contributed by atoms with Gasteiger partial charge in [-0.2, -0.15) is 0 Å². The van der Waals surface area contributed by atoms with Gasteiger partial charge in [0.15, 0.2) is 0 Å². The Bertz CT molecular complexity index is 578. The number of nitrogens with zero attached hydrogens (tertiary/aromatic N) is 2. The predicted octanol–water partition coefficient (Wildman–Crippen LogP) is 2.75. The lowest BCUT2D eigenvalue weighted by molar-refractivity contribution is -0.0851. The second-order valence-corrected chi connectivity index (χ2v) is 6.41. The van der Waals surface area contributed by atoms with Gasteiger partial charge in [0.2, 0.25) is 0 Å². The minimum Gasteiger partial charge on any atom is -0.385 e. The van der Waals surface area contributed by atoms with Crippen LogP contribution in [0.1, 0.15) is 36.2 Å². The molecule has 0 aromatic carbocycles. The topological polar surface area (TPSA) is 53.4 Å². The number of alkyl halides is 2. The third kappa shape index (κ3) is 2.70. The molecule has 3 rings (SSSR count). The maximum absolute atomic E-state index is 14.0. The lowest BCUT2D eigenvalue weighted by atomic mass is 9.93. The van der Waals surface area contributed by atoms with E-state index in [1.54, 1.807) is 6.07 Å². The number of amides is 1. The summed E-state index contributed by atoms with van der Waals surface area (Å²) in [6, 6.07) is 3.66. The van der Waals surface area contributed by atoms with Crippen LogP contribution in [0.25, 0.3) is 0 Å². The van der Waals surface area contributed by atoms with Gasteiger partial charge in [-0.05, 0) is 30.9 Å². The Morgan fingerprint density at radius 1 is 1.36 bits per heavy atom. The Morgan fingerprint density at radius 3 is 2.68 bits per heavy atom. The van der Waals surface area contributed by atoms with Crippen molar-refractivity contribution in [3.63, 3.8) is 0 Å². The maximum Gasteiger partial charge on any atom is 0.292 e. The zero-order valence-corrected chi connectivity index (χ0v) is 12.6. The first-order chi connectivity index (χ1) is 10.4. The summed E-state index contributed by atoms with van der Waals surface area (Å²) in [6.45, 7) is -0.775. The zero-order chi connectivity index (χ0) is 15.9. The molecule has 0 unspecified atom stereocenters. The third-order valence-electron chi connectivity index (χ3n) is 4.58. The second-order valence-electron chi connectivity index (χ2n) is 6.02. The molecule has 1 saturated carbocycles. The molecule has 4 nitrogen and oxygen atoms in total. The summed E-state index contributed by atoms with van der Waals surface area (Å²) >= 11 is 5.76. The summed E-state index contributed by atoms with van der Waals surface area (Å²) in [4.78, 5) is 17.5. The number of rotatable bonds is 2. The highest BCUT2D eigenvalue weighted by Crippen LogP contribution is 2.41. The van der Waals surface area contributed by atoms with Crippen LogP contribution in [0.3, 0.4) is 0 Å². The van der Waals surface area contributed by atoms with Crippen LogP contribution < -0.4 is 0 Å². The van der Waals surface area contributed by atoms with Crippen LogP contribution in [-0.2, 0) is 0 Å². The summed E-state index contributed by atoms with van der Waals surface area (Å²) in [7, 11) is 0. The minimum absolute atomic E-state index is 0.0281. The molecule has 0 spiro atoms. The van der Waals surface area contributed by atoms with Gasteiger partial charge in [-0.3, -0.25) is 4.79 Å². The number of pyridine rings is 1. The quantitative estimate of drug-likeness (QED) is 0.848. The number of carbonyl (C=O) groups excluding carboxylic acids is 1. The summed E-state index contributed by atoms with van der Waals surface area (Å²) in [5, 5.41) is 10.1. The predicted molar refractivity (Wildman–Crippen MR) is 77.0 cm³/mol. The molecule has 1 aromatic rings. The van der Waals surface area contributed by atoms with E-state index < -0.39 is 30.5 Å². The smallest absolute Gasteiger partial charge is 0.292 e. The van der Waals surface area contributed by atoms with Crippen LogP contribution >= 0.6 is 11.6 Å². The highest BCUT2D eigenvalue weighted by atomic mass is 35.5. The van der Waals surface area contributed by atoms with Crippen LogP contribution in [0.5, 0.6) is 0 Å². The zero-order valence-electron chi connectivity index (χ0n) is 11.9. The largest absolute Gasteiger partial charge is 0.385 e. The van der Waals surface area contributed by atoms with Crippen LogP contribution in [-0.4, -0.2) is 45.5 Å². The number of aliphatic hydroxyl groups excluding tert-OH is 1. The van der Waals surface area contributed by atoms with E-state index in [2.05, 4.69) is 4.98 Å². The van der Waals surface area contributed by atoms with Gasteiger partial charge in [-0.15, -0.1) is 0 Å². The van der Waals surface area contributed by atoms with Gasteiger partial charge in [0.25, 0.3) is 11.8 Å². The molecule has 0 radical (unpaired) electrons. The van der Waals surface area contributed by atoms with Crippen molar-refractivity contribution in [2.45, 2.75) is 43.8 Å². The normalized spacial score (nSPS) is 28.3. The second kappa shape index (κ2) is 5.74. The van der Waals surface area contributed by atoms with Gasteiger partial charge in [0, 0.05) is 0 Å². The highest BCUT2D eigenvalue weighted by molar-refractivity contribution is 6.29. The van der Waals surface area contributed by atoms with Crippen LogP contribution in [0.2, 0.25) is 5.15 Å². The number of hydrogen-bond donors (Lipinski definition) is 1. The van der Waals surface area contributed by atoms with Crippen molar-refractivity contribution in [2.24, 2.45) is 5.92 Å². The van der Waals surface area contributed by atoms with E-state index in [0.29, 0.717) is 0 Å². The summed E-state index contributed by atoms with van der Waals surface area (Å²) in [6.07, 6.45) is 1.57. The lowest BCUT2D eigenvalue weighted by Gasteiger charge is -2.30. The Hall–Kier alpha value is -1.27. The fraction of sp³-hybridized carbons (Fsp3) is 0.600. The highest BCUT2D eigenvalue weighted by Gasteiger charge is 2.57. The molecule has 7 heteroatoms. The molecule has 0 bridgehead atoms. The fourth-order valence-corrected chi connectivity index (χ4v) is 3.70. The van der Waals surface area contributed by atoms with E-state index >= 15 is 0 Å². The molecule has 2 fully saturated rings. The molecular weight excluding hydrogens is 314 g/mol. The maximum atomic E-state index is 14.0. The van der Waals surface area contributed by atoms with Crippen molar-refractivity contribution in [3.8, 4) is 0 Å². The molecule has 1 aliphatic carbocycles. The molecule has 2 heterocycles. The minimum atomic E-state index is -3.29. The fourth-order valence-electron chi connectivity index (χ4n) is 3.54. The van der Waals surface area contributed by atoms with Crippen molar-refractivity contribution in [1.29, 1.82) is 0 Å². The van der Waals surface area contributed by atoms with E-state index in [1.165, 1.54) is 12.1 Å². The number of carbonyl (C=O) groups is 1. The molecule has 1 amide bonds. The third-order valence-corrected chi connectivity index (χ3v) is 4.79. The van der Waals surface area contributed by atoms with E-state index in [1.807, 2.05) is 0 Å². The number of hydrogen-bond acceptors (Lipinski definition) is 3. The average molecular weight is 331 g/mol. The Morgan fingerprint density at radius 2 is 2.05 bits per heavy atom. The lowest BCUT2D eigenvalue weighted by Crippen LogP contribution is -2.45. The van der Waals surface area contributed by atoms with Gasteiger partial charge in [-0.1, -0.05) is 30.5 Å². The first-order valence-corrected chi connectivity index (χ1v) is 7.77. The molecule has 1 aliphatic heterocycles. The number of halogens is 3. The number of likely N-dealkylation sites (tertiary alicyclic amines) is 1. The van der Waals surface area contributed by atoms with Crippen molar-refractivity contribution < 1.29 is 18.7 Å². The molecule has 22 heavy (non-hydrogen) atoms. The molecule has 1 saturated heterocycles. The standard InChI is InChI=1S/C15H17ClF2N2O2/c16-11-7-3-6-10(19-11)14(22)20-8-15(17,18)13(21)12(20)9-4-1-2-5-9/h3,6-7,9,12-13,21H,1-2,4-5,8H2/t12-,13-/m0/s1. The van der Waals surface area contributed by atoms with E-state index in [4.69, 9.17) is 11.6 Å². The molecule has 2 atom stereocenters. The Kier molecular flexibility index (Phi) is 4.07. The van der Waals surface area contributed by atoms with Gasteiger partial charge in [-0.25, -0.2) is 13.8 Å². The number of aromatic nitrogens is 1. The van der Waals surface area contributed by atoms with Crippen LogP contribution in [0.15, 0.2) is 18.2 Å². The van der Waals surface area contributed by atoms with Crippen LogP contribution in [0.4, 0.5) is 8.78 Å². The first kappa shape index (κ1) is 15.6. The number of aliphatic hydroxyl groups is 1. The molecule has 2 aliphatic rings. The SMILES string of the molecule is O=C(c1cccc(Cl)n1)N1CC(F)(F)[C@@H](O)[C@@H]1C1CCCC1. The molecule has 1 aromatic heterocycles.